The summed E-state index contributed by atoms with van der Waals surface area (Å²) in [6.45, 7) is 4.72. The molecule has 1 nitrogen and oxygen atoms in total. The van der Waals surface area contributed by atoms with Crippen molar-refractivity contribution in [2.24, 2.45) is 17.3 Å². The second-order valence-corrected chi connectivity index (χ2v) is 5.25. The van der Waals surface area contributed by atoms with E-state index in [2.05, 4.69) is 13.8 Å². The van der Waals surface area contributed by atoms with E-state index in [4.69, 9.17) is 0 Å². The first-order valence-electron chi connectivity index (χ1n) is 5.86. The Morgan fingerprint density at radius 2 is 2.08 bits per heavy atom. The Bertz CT molecular complexity index is 190. The maximum Gasteiger partial charge on any atom is 0.0573 e. The minimum atomic E-state index is 0.00954. The van der Waals surface area contributed by atoms with Crippen molar-refractivity contribution in [3.63, 3.8) is 0 Å². The van der Waals surface area contributed by atoms with Gasteiger partial charge in [0.15, 0.2) is 0 Å². The van der Waals surface area contributed by atoms with Gasteiger partial charge in [0.2, 0.25) is 0 Å². The molecule has 0 aromatic carbocycles. The van der Waals surface area contributed by atoms with Gasteiger partial charge in [0.25, 0.3) is 0 Å². The fourth-order valence-electron chi connectivity index (χ4n) is 3.93. The number of hydrogen-bond donors (Lipinski definition) is 1. The van der Waals surface area contributed by atoms with Crippen LogP contribution in [0.4, 0.5) is 0 Å². The predicted octanol–water partition coefficient (Wildman–Crippen LogP) is 2.97. The molecule has 0 aromatic rings. The molecule has 1 heteroatoms. The topological polar surface area (TPSA) is 20.2 Å². The Hall–Kier alpha value is -0.0400. The first-order chi connectivity index (χ1) is 6.18. The molecule has 0 amide bonds. The summed E-state index contributed by atoms with van der Waals surface area (Å²) in [5.41, 5.74) is 0.479. The lowest BCUT2D eigenvalue weighted by Gasteiger charge is -2.43. The molecule has 2 saturated carbocycles. The molecule has 2 aliphatic carbocycles. The highest BCUT2D eigenvalue weighted by molar-refractivity contribution is 4.99. The van der Waals surface area contributed by atoms with Gasteiger partial charge in [-0.25, -0.2) is 0 Å². The van der Waals surface area contributed by atoms with Crippen molar-refractivity contribution in [1.82, 2.24) is 0 Å². The largest absolute Gasteiger partial charge is 0.393 e. The van der Waals surface area contributed by atoms with E-state index in [1.54, 1.807) is 0 Å². The van der Waals surface area contributed by atoms with Crippen molar-refractivity contribution >= 4 is 0 Å². The number of hydrogen-bond acceptors (Lipinski definition) is 1. The predicted molar refractivity (Wildman–Crippen MR) is 54.5 cm³/mol. The van der Waals surface area contributed by atoms with Crippen LogP contribution in [0.1, 0.15) is 52.4 Å². The summed E-state index contributed by atoms with van der Waals surface area (Å²) in [4.78, 5) is 0. The van der Waals surface area contributed by atoms with E-state index in [0.717, 1.165) is 12.3 Å². The lowest BCUT2D eigenvalue weighted by Crippen LogP contribution is -2.39. The van der Waals surface area contributed by atoms with Crippen molar-refractivity contribution in [2.45, 2.75) is 58.5 Å². The van der Waals surface area contributed by atoms with Crippen LogP contribution in [0.25, 0.3) is 0 Å². The first-order valence-corrected chi connectivity index (χ1v) is 5.86. The smallest absolute Gasteiger partial charge is 0.0573 e. The average Bonchev–Trinajstić information content (AvgIpc) is 2.43. The SMILES string of the molecule is CCC1CCC2[C@@H](O)CCC[C@]12C. The second kappa shape index (κ2) is 3.27. The van der Waals surface area contributed by atoms with E-state index in [-0.39, 0.29) is 6.10 Å². The molecule has 0 aliphatic heterocycles. The highest BCUT2D eigenvalue weighted by Crippen LogP contribution is 2.56. The standard InChI is InChI=1S/C12H22O/c1-3-9-6-7-10-11(13)5-4-8-12(9,10)2/h9-11,13H,3-8H2,1-2H3/t9?,10?,11-,12+/m0/s1. The quantitative estimate of drug-likeness (QED) is 0.661. The molecule has 2 rings (SSSR count). The molecule has 76 valence electrons. The maximum absolute atomic E-state index is 9.96. The van der Waals surface area contributed by atoms with Crippen molar-refractivity contribution in [3.8, 4) is 0 Å². The van der Waals surface area contributed by atoms with Gasteiger partial charge in [-0.1, -0.05) is 26.7 Å². The molecule has 0 spiro atoms. The van der Waals surface area contributed by atoms with E-state index in [9.17, 15) is 5.11 Å². The van der Waals surface area contributed by atoms with Gasteiger partial charge in [-0.3, -0.25) is 0 Å². The lowest BCUT2D eigenvalue weighted by molar-refractivity contribution is -0.0174. The van der Waals surface area contributed by atoms with Crippen molar-refractivity contribution in [2.75, 3.05) is 0 Å². The van der Waals surface area contributed by atoms with Gasteiger partial charge in [0.05, 0.1) is 6.10 Å². The zero-order valence-corrected chi connectivity index (χ0v) is 8.92. The van der Waals surface area contributed by atoms with Gasteiger partial charge in [0, 0.05) is 0 Å². The van der Waals surface area contributed by atoms with E-state index < -0.39 is 0 Å². The second-order valence-electron chi connectivity index (χ2n) is 5.25. The van der Waals surface area contributed by atoms with E-state index in [1.807, 2.05) is 0 Å². The van der Waals surface area contributed by atoms with Gasteiger partial charge in [-0.2, -0.15) is 0 Å². The Kier molecular flexibility index (Phi) is 2.39. The molecular weight excluding hydrogens is 160 g/mol. The molecule has 4 atom stereocenters. The summed E-state index contributed by atoms with van der Waals surface area (Å²) < 4.78 is 0. The Balaban J connectivity index is 2.18. The molecule has 13 heavy (non-hydrogen) atoms. The van der Waals surface area contributed by atoms with Crippen molar-refractivity contribution in [3.05, 3.63) is 0 Å². The number of rotatable bonds is 1. The van der Waals surface area contributed by atoms with E-state index in [1.165, 1.54) is 32.1 Å². The molecule has 0 radical (unpaired) electrons. The van der Waals surface area contributed by atoms with Crippen LogP contribution in [0.5, 0.6) is 0 Å². The van der Waals surface area contributed by atoms with Crippen LogP contribution in [0.2, 0.25) is 0 Å². The fourth-order valence-corrected chi connectivity index (χ4v) is 3.93. The van der Waals surface area contributed by atoms with E-state index >= 15 is 0 Å². The highest BCUT2D eigenvalue weighted by atomic mass is 16.3. The summed E-state index contributed by atoms with van der Waals surface area (Å²) >= 11 is 0. The zero-order valence-electron chi connectivity index (χ0n) is 8.92. The minimum Gasteiger partial charge on any atom is -0.393 e. The van der Waals surface area contributed by atoms with Crippen LogP contribution in [0, 0.1) is 17.3 Å². The molecule has 1 N–H and O–H groups in total. The van der Waals surface area contributed by atoms with Crippen LogP contribution >= 0.6 is 0 Å². The zero-order chi connectivity index (χ0) is 9.47. The summed E-state index contributed by atoms with van der Waals surface area (Å²) in [6, 6.07) is 0. The molecule has 0 saturated heterocycles. The van der Waals surface area contributed by atoms with Crippen molar-refractivity contribution in [1.29, 1.82) is 0 Å². The molecule has 2 fully saturated rings. The summed E-state index contributed by atoms with van der Waals surface area (Å²) in [6.07, 6.45) is 7.59. The van der Waals surface area contributed by atoms with Gasteiger partial charge in [-0.05, 0) is 42.9 Å². The molecule has 0 heterocycles. The minimum absolute atomic E-state index is 0.00954. The lowest BCUT2D eigenvalue weighted by atomic mass is 9.64. The molecule has 0 aromatic heterocycles. The number of aliphatic hydroxyl groups is 1. The Labute approximate surface area is 81.5 Å². The molecule has 2 aliphatic rings. The summed E-state index contributed by atoms with van der Waals surface area (Å²) in [5.74, 6) is 1.50. The van der Waals surface area contributed by atoms with Crippen LogP contribution in [-0.4, -0.2) is 11.2 Å². The van der Waals surface area contributed by atoms with Gasteiger partial charge >= 0.3 is 0 Å². The van der Waals surface area contributed by atoms with Crippen LogP contribution in [0.3, 0.4) is 0 Å². The Morgan fingerprint density at radius 3 is 2.77 bits per heavy atom. The van der Waals surface area contributed by atoms with Gasteiger partial charge in [-0.15, -0.1) is 0 Å². The average molecular weight is 182 g/mol. The number of aliphatic hydroxyl groups excluding tert-OH is 1. The third-order valence-electron chi connectivity index (χ3n) is 4.78. The van der Waals surface area contributed by atoms with Gasteiger partial charge < -0.3 is 5.11 Å². The third kappa shape index (κ3) is 1.32. The number of fused-ring (bicyclic) bond motifs is 1. The maximum atomic E-state index is 9.96. The summed E-state index contributed by atoms with van der Waals surface area (Å²) in [7, 11) is 0. The first kappa shape index (κ1) is 9.51. The highest BCUT2D eigenvalue weighted by Gasteiger charge is 2.49. The third-order valence-corrected chi connectivity index (χ3v) is 4.78. The van der Waals surface area contributed by atoms with Crippen LogP contribution in [0.15, 0.2) is 0 Å². The van der Waals surface area contributed by atoms with Gasteiger partial charge in [0.1, 0.15) is 0 Å². The Morgan fingerprint density at radius 1 is 1.31 bits per heavy atom. The van der Waals surface area contributed by atoms with E-state index in [0.29, 0.717) is 11.3 Å². The van der Waals surface area contributed by atoms with Crippen molar-refractivity contribution < 1.29 is 5.11 Å². The molecule has 2 unspecified atom stereocenters. The summed E-state index contributed by atoms with van der Waals surface area (Å²) in [5, 5.41) is 9.96. The van der Waals surface area contributed by atoms with Crippen LogP contribution in [-0.2, 0) is 0 Å². The van der Waals surface area contributed by atoms with Crippen LogP contribution < -0.4 is 0 Å². The fraction of sp³-hybridized carbons (Fsp3) is 1.00. The molecule has 0 bridgehead atoms. The normalized spacial score (nSPS) is 50.5. The monoisotopic (exact) mass is 182 g/mol. The molecular formula is C12H22O.